The van der Waals surface area contributed by atoms with E-state index in [1.807, 2.05) is 0 Å². The Kier molecular flexibility index (Phi) is 5.92. The van der Waals surface area contributed by atoms with E-state index in [0.29, 0.717) is 18.0 Å². The van der Waals surface area contributed by atoms with E-state index in [9.17, 15) is 8.78 Å². The first-order valence-electron chi connectivity index (χ1n) is 7.56. The summed E-state index contributed by atoms with van der Waals surface area (Å²) in [5, 5.41) is 3.36. The molecule has 4 heteroatoms. The fourth-order valence-corrected chi connectivity index (χ4v) is 2.87. The highest BCUT2D eigenvalue weighted by molar-refractivity contribution is 5.18. The summed E-state index contributed by atoms with van der Waals surface area (Å²) in [5.41, 5.74) is 0.591. The number of hydrogen-bond acceptors (Lipinski definition) is 2. The molecule has 0 unspecified atom stereocenters. The number of rotatable bonds is 6. The van der Waals surface area contributed by atoms with Gasteiger partial charge in [-0.25, -0.2) is 8.78 Å². The van der Waals surface area contributed by atoms with E-state index < -0.39 is 11.6 Å². The summed E-state index contributed by atoms with van der Waals surface area (Å²) in [6.07, 6.45) is 3.42. The number of hydrogen-bond donors (Lipinski definition) is 1. The number of nitrogens with one attached hydrogen (secondary N) is 1. The second kappa shape index (κ2) is 7.70. The van der Waals surface area contributed by atoms with E-state index in [1.165, 1.54) is 18.9 Å². The van der Waals surface area contributed by atoms with Gasteiger partial charge in [0.1, 0.15) is 11.6 Å². The zero-order valence-electron chi connectivity index (χ0n) is 12.2. The summed E-state index contributed by atoms with van der Waals surface area (Å²) in [7, 11) is 0. The van der Waals surface area contributed by atoms with Crippen molar-refractivity contribution in [3.8, 4) is 0 Å². The first-order chi connectivity index (χ1) is 9.69. The first kappa shape index (κ1) is 15.4. The summed E-state index contributed by atoms with van der Waals surface area (Å²) in [4.78, 5) is 2.30. The van der Waals surface area contributed by atoms with Crippen LogP contribution in [0.2, 0.25) is 0 Å². The first-order valence-corrected chi connectivity index (χ1v) is 7.56. The van der Waals surface area contributed by atoms with E-state index in [0.717, 1.165) is 38.7 Å². The van der Waals surface area contributed by atoms with E-state index in [2.05, 4.69) is 17.1 Å². The van der Waals surface area contributed by atoms with E-state index in [1.54, 1.807) is 6.07 Å². The van der Waals surface area contributed by atoms with Gasteiger partial charge in [-0.3, -0.25) is 4.90 Å². The van der Waals surface area contributed by atoms with Gasteiger partial charge in [-0.1, -0.05) is 13.0 Å². The summed E-state index contributed by atoms with van der Waals surface area (Å²) in [5.74, 6) is -0.255. The molecule has 2 nitrogen and oxygen atoms in total. The van der Waals surface area contributed by atoms with Crippen LogP contribution in [0.4, 0.5) is 8.78 Å². The molecule has 2 rings (SSSR count). The van der Waals surface area contributed by atoms with Crippen molar-refractivity contribution < 1.29 is 8.78 Å². The molecule has 0 radical (unpaired) electrons. The van der Waals surface area contributed by atoms with Crippen LogP contribution in [0.25, 0.3) is 0 Å². The Balaban J connectivity index is 1.96. The maximum Gasteiger partial charge on any atom is 0.130 e. The highest BCUT2D eigenvalue weighted by Crippen LogP contribution is 2.17. The van der Waals surface area contributed by atoms with Crippen LogP contribution in [0.5, 0.6) is 0 Å². The van der Waals surface area contributed by atoms with Crippen molar-refractivity contribution in [2.75, 3.05) is 26.2 Å². The third-order valence-corrected chi connectivity index (χ3v) is 3.92. The molecule has 112 valence electrons. The zero-order valence-corrected chi connectivity index (χ0v) is 12.2. The molecule has 1 aromatic carbocycles. The third-order valence-electron chi connectivity index (χ3n) is 3.92. The van der Waals surface area contributed by atoms with Crippen molar-refractivity contribution in [2.45, 2.75) is 32.7 Å². The lowest BCUT2D eigenvalue weighted by Crippen LogP contribution is -2.36. The second-order valence-electron chi connectivity index (χ2n) is 5.66. The van der Waals surface area contributed by atoms with E-state index >= 15 is 0 Å². The molecule has 0 saturated carbocycles. The van der Waals surface area contributed by atoms with Crippen LogP contribution in [-0.2, 0) is 6.54 Å². The monoisotopic (exact) mass is 282 g/mol. The molecule has 1 N–H and O–H groups in total. The van der Waals surface area contributed by atoms with Crippen LogP contribution >= 0.6 is 0 Å². The Morgan fingerprint density at radius 2 is 2.00 bits per heavy atom. The number of halogens is 2. The summed E-state index contributed by atoms with van der Waals surface area (Å²) in [6.45, 7) is 6.83. The van der Waals surface area contributed by atoms with Gasteiger partial charge >= 0.3 is 0 Å². The number of piperidine rings is 1. The van der Waals surface area contributed by atoms with E-state index in [-0.39, 0.29) is 0 Å². The molecule has 1 heterocycles. The molecule has 1 saturated heterocycles. The van der Waals surface area contributed by atoms with Gasteiger partial charge in [0.05, 0.1) is 0 Å². The predicted octanol–water partition coefficient (Wildman–Crippen LogP) is 3.18. The molecule has 0 atom stereocenters. The number of benzene rings is 1. The SMILES string of the molecule is CCCN(Cc1ccc(F)cc1F)CC1CCNCC1. The topological polar surface area (TPSA) is 15.3 Å². The average Bonchev–Trinajstić information content (AvgIpc) is 2.43. The third kappa shape index (κ3) is 4.53. The van der Waals surface area contributed by atoms with E-state index in [4.69, 9.17) is 0 Å². The van der Waals surface area contributed by atoms with Crippen LogP contribution in [0.1, 0.15) is 31.7 Å². The van der Waals surface area contributed by atoms with Gasteiger partial charge in [-0.2, -0.15) is 0 Å². The van der Waals surface area contributed by atoms with Gasteiger partial charge in [-0.05, 0) is 50.9 Å². The molecule has 0 aliphatic carbocycles. The lowest BCUT2D eigenvalue weighted by molar-refractivity contribution is 0.197. The van der Waals surface area contributed by atoms with Gasteiger partial charge in [0, 0.05) is 24.7 Å². The second-order valence-corrected chi connectivity index (χ2v) is 5.66. The largest absolute Gasteiger partial charge is 0.317 e. The van der Waals surface area contributed by atoms with Gasteiger partial charge in [0.25, 0.3) is 0 Å². The fourth-order valence-electron chi connectivity index (χ4n) is 2.87. The Labute approximate surface area is 120 Å². The van der Waals surface area contributed by atoms with Crippen molar-refractivity contribution in [1.29, 1.82) is 0 Å². The molecular formula is C16H24F2N2. The zero-order chi connectivity index (χ0) is 14.4. The van der Waals surface area contributed by atoms with Crippen molar-refractivity contribution in [3.63, 3.8) is 0 Å². The lowest BCUT2D eigenvalue weighted by atomic mass is 9.97. The molecule has 1 aliphatic rings. The van der Waals surface area contributed by atoms with Crippen LogP contribution < -0.4 is 5.32 Å². The van der Waals surface area contributed by atoms with Crippen LogP contribution in [0.15, 0.2) is 18.2 Å². The Hall–Kier alpha value is -1.00. The van der Waals surface area contributed by atoms with Crippen LogP contribution in [-0.4, -0.2) is 31.1 Å². The van der Waals surface area contributed by atoms with Gasteiger partial charge in [-0.15, -0.1) is 0 Å². The molecule has 0 bridgehead atoms. The molecule has 0 amide bonds. The average molecular weight is 282 g/mol. The Morgan fingerprint density at radius 3 is 2.65 bits per heavy atom. The molecule has 1 aromatic rings. The smallest absolute Gasteiger partial charge is 0.130 e. The molecular weight excluding hydrogens is 258 g/mol. The maximum atomic E-state index is 13.8. The highest BCUT2D eigenvalue weighted by Gasteiger charge is 2.17. The molecule has 0 aromatic heterocycles. The van der Waals surface area contributed by atoms with Crippen molar-refractivity contribution in [1.82, 2.24) is 10.2 Å². The summed E-state index contributed by atoms with van der Waals surface area (Å²) in [6, 6.07) is 3.88. The van der Waals surface area contributed by atoms with Crippen molar-refractivity contribution in [3.05, 3.63) is 35.4 Å². The fraction of sp³-hybridized carbons (Fsp3) is 0.625. The van der Waals surface area contributed by atoms with Crippen molar-refractivity contribution in [2.24, 2.45) is 5.92 Å². The molecule has 20 heavy (non-hydrogen) atoms. The summed E-state index contributed by atoms with van der Waals surface area (Å²) < 4.78 is 26.7. The Morgan fingerprint density at radius 1 is 1.25 bits per heavy atom. The predicted molar refractivity (Wildman–Crippen MR) is 77.5 cm³/mol. The standard InChI is InChI=1S/C16H24F2N2/c1-2-9-20(11-13-5-7-19-8-6-13)12-14-3-4-15(17)10-16(14)18/h3-4,10,13,19H,2,5-9,11-12H2,1H3. The number of nitrogens with zero attached hydrogens (tertiary/aromatic N) is 1. The quantitative estimate of drug-likeness (QED) is 0.862. The molecule has 1 fully saturated rings. The Bertz CT molecular complexity index is 417. The minimum absolute atomic E-state index is 0.434. The van der Waals surface area contributed by atoms with Crippen LogP contribution in [0, 0.1) is 17.6 Å². The summed E-state index contributed by atoms with van der Waals surface area (Å²) >= 11 is 0. The van der Waals surface area contributed by atoms with Gasteiger partial charge in [0.2, 0.25) is 0 Å². The maximum absolute atomic E-state index is 13.8. The highest BCUT2D eigenvalue weighted by atomic mass is 19.1. The van der Waals surface area contributed by atoms with Gasteiger partial charge < -0.3 is 5.32 Å². The lowest BCUT2D eigenvalue weighted by Gasteiger charge is -2.30. The molecule has 1 aliphatic heterocycles. The molecule has 0 spiro atoms. The normalized spacial score (nSPS) is 16.8. The van der Waals surface area contributed by atoms with Gasteiger partial charge in [0.15, 0.2) is 0 Å². The van der Waals surface area contributed by atoms with Crippen molar-refractivity contribution >= 4 is 0 Å². The minimum atomic E-state index is -0.508. The van der Waals surface area contributed by atoms with Crippen LogP contribution in [0.3, 0.4) is 0 Å². The minimum Gasteiger partial charge on any atom is -0.317 e.